The molecule has 0 bridgehead atoms. The molecule has 9 heteroatoms. The maximum atomic E-state index is 13.4. The minimum absolute atomic E-state index is 0.116. The van der Waals surface area contributed by atoms with Gasteiger partial charge in [-0.1, -0.05) is 66.7 Å². The third-order valence-electron chi connectivity index (χ3n) is 7.29. The fourth-order valence-electron chi connectivity index (χ4n) is 5.01. The molecule has 5 aromatic rings. The molecule has 5 N–H and O–H groups in total. The van der Waals surface area contributed by atoms with Crippen LogP contribution < -0.4 is 21.1 Å². The number of thioether (sulfide) groups is 1. The molecular weight excluding hydrogens is 598 g/mol. The molecule has 0 aromatic heterocycles. The van der Waals surface area contributed by atoms with Crippen molar-refractivity contribution in [3.63, 3.8) is 0 Å². The largest absolute Gasteiger partial charge is 0.507 e. The van der Waals surface area contributed by atoms with E-state index < -0.39 is 18.3 Å². The second-order valence-electron chi connectivity index (χ2n) is 10.4. The quantitative estimate of drug-likeness (QED) is 0.0617. The number of hydrogen-bond acceptors (Lipinski definition) is 7. The molecule has 0 fully saturated rings. The minimum Gasteiger partial charge on any atom is -0.507 e. The Morgan fingerprint density at radius 3 is 2.28 bits per heavy atom. The molecule has 0 spiro atoms. The lowest BCUT2D eigenvalue weighted by Crippen LogP contribution is -2.31. The number of fused-ring (bicyclic) bond motifs is 1. The number of carbonyl (C=O) groups excluding carboxylic acids is 2. The van der Waals surface area contributed by atoms with Gasteiger partial charge in [0.25, 0.3) is 0 Å². The molecule has 2 amide bonds. The van der Waals surface area contributed by atoms with Crippen LogP contribution in [0.15, 0.2) is 132 Å². The van der Waals surface area contributed by atoms with Crippen molar-refractivity contribution in [1.29, 1.82) is 0 Å². The predicted molar refractivity (Wildman–Crippen MR) is 185 cm³/mol. The number of phenols is 1. The Morgan fingerprint density at radius 1 is 0.848 bits per heavy atom. The SMILES string of the molecule is CSc1ccc(NC(=O)O[C@@H](c2ccc(O)c3ccccc23)[C@H](CC/C=C/C(=O)Nc2ccccc2N)Oc2ccccc2)cc1. The van der Waals surface area contributed by atoms with Gasteiger partial charge in [0.15, 0.2) is 6.10 Å². The summed E-state index contributed by atoms with van der Waals surface area (Å²) in [6.45, 7) is 0. The Hall–Kier alpha value is -5.41. The average Bonchev–Trinajstić information content (AvgIpc) is 3.07. The zero-order valence-electron chi connectivity index (χ0n) is 25.3. The smallest absolute Gasteiger partial charge is 0.412 e. The summed E-state index contributed by atoms with van der Waals surface area (Å²) in [5.74, 6) is 0.395. The Kier molecular flexibility index (Phi) is 10.8. The van der Waals surface area contributed by atoms with E-state index in [1.807, 2.05) is 85.1 Å². The molecule has 0 heterocycles. The van der Waals surface area contributed by atoms with E-state index >= 15 is 0 Å². The third-order valence-corrected chi connectivity index (χ3v) is 8.03. The van der Waals surface area contributed by atoms with E-state index in [1.165, 1.54) is 6.08 Å². The monoisotopic (exact) mass is 633 g/mol. The number of hydrogen-bond donors (Lipinski definition) is 4. The van der Waals surface area contributed by atoms with Crippen molar-refractivity contribution in [3.05, 3.63) is 133 Å². The van der Waals surface area contributed by atoms with Crippen LogP contribution in [0.3, 0.4) is 0 Å². The number of benzene rings is 5. The van der Waals surface area contributed by atoms with Gasteiger partial charge in [0.05, 0.1) is 11.4 Å². The fourth-order valence-corrected chi connectivity index (χ4v) is 5.42. The molecular formula is C37H35N3O5S. The normalized spacial score (nSPS) is 12.4. The number of carbonyl (C=O) groups is 2. The number of ether oxygens (including phenoxy) is 2. The first kappa shape index (κ1) is 32.0. The second-order valence-corrected chi connectivity index (χ2v) is 11.3. The Morgan fingerprint density at radius 2 is 1.54 bits per heavy atom. The molecule has 5 rings (SSSR count). The molecule has 234 valence electrons. The first-order valence-corrected chi connectivity index (χ1v) is 16.0. The number of aromatic hydroxyl groups is 1. The number of nitrogens with one attached hydrogen (secondary N) is 2. The Labute approximate surface area is 272 Å². The standard InChI is InChI=1S/C37H35N3O5S/c1-46-27-21-19-25(20-22-27)39-37(43)45-36(30-23-24-33(41)29-14-6-5-13-28(29)30)34(44-26-11-3-2-4-12-26)17-9-10-18-35(42)40-32-16-8-7-15-31(32)38/h2-8,10-16,18-24,34,36,41H,9,17,38H2,1H3,(H,39,43)(H,40,42)/b18-10+/t34-,36-/m0/s1. The van der Waals surface area contributed by atoms with Gasteiger partial charge in [0.2, 0.25) is 5.91 Å². The maximum Gasteiger partial charge on any atom is 0.412 e. The summed E-state index contributed by atoms with van der Waals surface area (Å²) in [5.41, 5.74) is 8.22. The molecule has 0 saturated carbocycles. The first-order valence-electron chi connectivity index (χ1n) is 14.8. The van der Waals surface area contributed by atoms with Crippen LogP contribution in [0, 0.1) is 0 Å². The van der Waals surface area contributed by atoms with Gasteiger partial charge in [-0.25, -0.2) is 4.79 Å². The summed E-state index contributed by atoms with van der Waals surface area (Å²) in [4.78, 5) is 27.1. The van der Waals surface area contributed by atoms with Crippen molar-refractivity contribution in [1.82, 2.24) is 0 Å². The maximum absolute atomic E-state index is 13.4. The molecule has 0 aliphatic heterocycles. The number of nitrogen functional groups attached to an aromatic ring is 1. The number of phenolic OH excluding ortho intramolecular Hbond substituents is 1. The van der Waals surface area contributed by atoms with E-state index in [1.54, 1.807) is 54.2 Å². The number of rotatable bonds is 12. The van der Waals surface area contributed by atoms with Crippen LogP contribution >= 0.6 is 11.8 Å². The van der Waals surface area contributed by atoms with Crippen LogP contribution in [-0.4, -0.2) is 29.5 Å². The highest BCUT2D eigenvalue weighted by molar-refractivity contribution is 7.98. The predicted octanol–water partition coefficient (Wildman–Crippen LogP) is 8.56. The van der Waals surface area contributed by atoms with E-state index in [0.29, 0.717) is 46.6 Å². The van der Waals surface area contributed by atoms with Crippen LogP contribution in [0.5, 0.6) is 11.5 Å². The van der Waals surface area contributed by atoms with E-state index in [4.69, 9.17) is 15.2 Å². The molecule has 0 saturated heterocycles. The minimum atomic E-state index is -0.887. The molecule has 0 unspecified atom stereocenters. The van der Waals surface area contributed by atoms with Crippen molar-refractivity contribution < 1.29 is 24.2 Å². The second kappa shape index (κ2) is 15.5. The number of para-hydroxylation sites is 3. The number of nitrogens with two attached hydrogens (primary N) is 1. The summed E-state index contributed by atoms with van der Waals surface area (Å²) >= 11 is 1.61. The summed E-state index contributed by atoms with van der Waals surface area (Å²) in [7, 11) is 0. The number of allylic oxidation sites excluding steroid dienone is 1. The Bertz CT molecular complexity index is 1810. The van der Waals surface area contributed by atoms with E-state index in [0.717, 1.165) is 10.3 Å². The van der Waals surface area contributed by atoms with Crippen LogP contribution in [0.1, 0.15) is 24.5 Å². The molecule has 46 heavy (non-hydrogen) atoms. The molecule has 0 radical (unpaired) electrons. The van der Waals surface area contributed by atoms with Gasteiger partial charge >= 0.3 is 6.09 Å². The summed E-state index contributed by atoms with van der Waals surface area (Å²) in [6, 6.07) is 34.5. The molecule has 8 nitrogen and oxygen atoms in total. The van der Waals surface area contributed by atoms with Crippen molar-refractivity contribution in [2.24, 2.45) is 0 Å². The van der Waals surface area contributed by atoms with Gasteiger partial charge in [-0.2, -0.15) is 0 Å². The van der Waals surface area contributed by atoms with Crippen LogP contribution in [0.2, 0.25) is 0 Å². The lowest BCUT2D eigenvalue weighted by molar-refractivity contribution is -0.111. The van der Waals surface area contributed by atoms with Gasteiger partial charge in [-0.05, 0) is 85.2 Å². The summed E-state index contributed by atoms with van der Waals surface area (Å²) < 4.78 is 12.7. The van der Waals surface area contributed by atoms with Crippen LogP contribution in [-0.2, 0) is 9.53 Å². The molecule has 0 aliphatic rings. The molecule has 0 aliphatic carbocycles. The summed E-state index contributed by atoms with van der Waals surface area (Å²) in [5, 5.41) is 17.6. The Balaban J connectivity index is 1.43. The highest BCUT2D eigenvalue weighted by Crippen LogP contribution is 2.36. The topological polar surface area (TPSA) is 123 Å². The zero-order valence-corrected chi connectivity index (χ0v) is 26.1. The van der Waals surface area contributed by atoms with Gasteiger partial charge < -0.3 is 25.6 Å². The van der Waals surface area contributed by atoms with Crippen LogP contribution in [0.25, 0.3) is 10.8 Å². The van der Waals surface area contributed by atoms with Crippen molar-refractivity contribution in [2.75, 3.05) is 22.6 Å². The summed E-state index contributed by atoms with van der Waals surface area (Å²) in [6.07, 6.45) is 3.79. The van der Waals surface area contributed by atoms with Gasteiger partial charge in [0.1, 0.15) is 17.6 Å². The van der Waals surface area contributed by atoms with Crippen LogP contribution in [0.4, 0.5) is 21.9 Å². The van der Waals surface area contributed by atoms with Gasteiger partial charge in [-0.3, -0.25) is 10.1 Å². The highest BCUT2D eigenvalue weighted by Gasteiger charge is 2.31. The fraction of sp³-hybridized carbons (Fsp3) is 0.135. The average molecular weight is 634 g/mol. The van der Waals surface area contributed by atoms with Crippen molar-refractivity contribution in [3.8, 4) is 11.5 Å². The number of anilines is 3. The van der Waals surface area contributed by atoms with E-state index in [2.05, 4.69) is 10.6 Å². The zero-order chi connectivity index (χ0) is 32.3. The highest BCUT2D eigenvalue weighted by atomic mass is 32.2. The van der Waals surface area contributed by atoms with E-state index in [-0.39, 0.29) is 11.7 Å². The lowest BCUT2D eigenvalue weighted by atomic mass is 9.94. The lowest BCUT2D eigenvalue weighted by Gasteiger charge is -2.29. The van der Waals surface area contributed by atoms with Gasteiger partial charge in [0, 0.05) is 21.5 Å². The number of amides is 2. The third kappa shape index (κ3) is 8.40. The first-order chi connectivity index (χ1) is 22.4. The van der Waals surface area contributed by atoms with Gasteiger partial charge in [-0.15, -0.1) is 11.8 Å². The van der Waals surface area contributed by atoms with Crippen molar-refractivity contribution in [2.45, 2.75) is 29.9 Å². The van der Waals surface area contributed by atoms with E-state index in [9.17, 15) is 14.7 Å². The molecule has 2 atom stereocenters. The van der Waals surface area contributed by atoms with Crippen molar-refractivity contribution >= 4 is 51.6 Å². The molecule has 5 aromatic carbocycles.